The molecule has 0 unspecified atom stereocenters. The molecule has 2 rings (SSSR count). The van der Waals surface area contributed by atoms with E-state index in [9.17, 15) is 4.79 Å². The normalized spacial score (nSPS) is 10.9. The van der Waals surface area contributed by atoms with Crippen molar-refractivity contribution in [1.29, 1.82) is 0 Å². The molecule has 2 aromatic carbocycles. The summed E-state index contributed by atoms with van der Waals surface area (Å²) in [7, 11) is 3.14. The van der Waals surface area contributed by atoms with Crippen molar-refractivity contribution < 1.29 is 14.3 Å². The minimum Gasteiger partial charge on any atom is -0.497 e. The van der Waals surface area contributed by atoms with Crippen molar-refractivity contribution in [3.05, 3.63) is 59.7 Å². The first-order valence-corrected chi connectivity index (χ1v) is 7.84. The van der Waals surface area contributed by atoms with Gasteiger partial charge in [0, 0.05) is 12.1 Å². The first kappa shape index (κ1) is 17.6. The summed E-state index contributed by atoms with van der Waals surface area (Å²) in [6, 6.07) is 13.4. The van der Waals surface area contributed by atoms with Crippen LogP contribution in [0.15, 0.2) is 48.5 Å². The second-order valence-corrected chi connectivity index (χ2v) is 5.71. The van der Waals surface area contributed by atoms with Crippen LogP contribution in [-0.4, -0.2) is 20.1 Å². The number of rotatable bonds is 6. The van der Waals surface area contributed by atoms with Crippen LogP contribution in [0.1, 0.15) is 30.9 Å². The van der Waals surface area contributed by atoms with Crippen molar-refractivity contribution in [2.24, 2.45) is 0 Å². The Morgan fingerprint density at radius 1 is 1.04 bits per heavy atom. The summed E-state index contributed by atoms with van der Waals surface area (Å²) in [6.07, 6.45) is 3.29. The Hall–Kier alpha value is -2.75. The third-order valence-electron chi connectivity index (χ3n) is 3.69. The van der Waals surface area contributed by atoms with Gasteiger partial charge in [-0.25, -0.2) is 0 Å². The highest BCUT2D eigenvalue weighted by Gasteiger charge is 2.07. The third kappa shape index (κ3) is 4.62. The lowest BCUT2D eigenvalue weighted by Crippen LogP contribution is -2.09. The summed E-state index contributed by atoms with van der Waals surface area (Å²) in [4.78, 5) is 12.1. The Labute approximate surface area is 143 Å². The van der Waals surface area contributed by atoms with Gasteiger partial charge < -0.3 is 14.8 Å². The van der Waals surface area contributed by atoms with Crippen molar-refractivity contribution in [1.82, 2.24) is 0 Å². The monoisotopic (exact) mass is 325 g/mol. The van der Waals surface area contributed by atoms with E-state index in [0.29, 0.717) is 23.1 Å². The maximum absolute atomic E-state index is 12.1. The quantitative estimate of drug-likeness (QED) is 0.797. The number of methoxy groups -OCH3 is 2. The first-order chi connectivity index (χ1) is 11.5. The number of hydrogen-bond donors (Lipinski definition) is 1. The molecule has 0 radical (unpaired) electrons. The molecule has 0 aliphatic rings. The average Bonchev–Trinajstić information content (AvgIpc) is 2.60. The van der Waals surface area contributed by atoms with E-state index in [1.165, 1.54) is 11.6 Å². The molecule has 0 bridgehead atoms. The molecule has 24 heavy (non-hydrogen) atoms. The largest absolute Gasteiger partial charge is 0.497 e. The highest BCUT2D eigenvalue weighted by molar-refractivity contribution is 6.02. The number of carbonyl (C=O) groups is 1. The van der Waals surface area contributed by atoms with Crippen molar-refractivity contribution >= 4 is 17.7 Å². The fraction of sp³-hybridized carbons (Fsp3) is 0.250. The Bertz CT molecular complexity index is 718. The fourth-order valence-electron chi connectivity index (χ4n) is 2.25. The predicted octanol–water partition coefficient (Wildman–Crippen LogP) is 4.48. The van der Waals surface area contributed by atoms with Gasteiger partial charge in [-0.3, -0.25) is 4.79 Å². The molecule has 1 amide bonds. The second-order valence-electron chi connectivity index (χ2n) is 5.71. The molecule has 126 valence electrons. The molecule has 0 spiro atoms. The van der Waals surface area contributed by atoms with Gasteiger partial charge >= 0.3 is 0 Å². The lowest BCUT2D eigenvalue weighted by Gasteiger charge is -2.10. The van der Waals surface area contributed by atoms with Crippen LogP contribution < -0.4 is 14.8 Å². The van der Waals surface area contributed by atoms with E-state index in [1.54, 1.807) is 38.5 Å². The SMILES string of the molecule is COc1ccc(OC)c(NC(=O)C=Cc2ccc(C(C)C)cc2)c1. The van der Waals surface area contributed by atoms with E-state index in [-0.39, 0.29) is 5.91 Å². The van der Waals surface area contributed by atoms with Gasteiger partial charge in [-0.15, -0.1) is 0 Å². The minimum atomic E-state index is -0.227. The molecular formula is C20H23NO3. The molecule has 0 aliphatic carbocycles. The van der Waals surface area contributed by atoms with Gasteiger partial charge in [0.25, 0.3) is 0 Å². The summed E-state index contributed by atoms with van der Waals surface area (Å²) < 4.78 is 10.4. The molecule has 0 heterocycles. The van der Waals surface area contributed by atoms with Crippen LogP contribution in [0.5, 0.6) is 11.5 Å². The van der Waals surface area contributed by atoms with Crippen molar-refractivity contribution in [2.75, 3.05) is 19.5 Å². The molecule has 1 N–H and O–H groups in total. The Morgan fingerprint density at radius 2 is 1.75 bits per heavy atom. The molecule has 0 atom stereocenters. The van der Waals surface area contributed by atoms with Gasteiger partial charge in [-0.2, -0.15) is 0 Å². The number of nitrogens with one attached hydrogen (secondary N) is 1. The van der Waals surface area contributed by atoms with E-state index >= 15 is 0 Å². The van der Waals surface area contributed by atoms with Crippen LogP contribution in [0.25, 0.3) is 6.08 Å². The van der Waals surface area contributed by atoms with Gasteiger partial charge in [0.2, 0.25) is 5.91 Å². The predicted molar refractivity (Wildman–Crippen MR) is 97.7 cm³/mol. The molecule has 4 heteroatoms. The van der Waals surface area contributed by atoms with E-state index in [0.717, 1.165) is 5.56 Å². The number of amides is 1. The fourth-order valence-corrected chi connectivity index (χ4v) is 2.25. The summed E-state index contributed by atoms with van der Waals surface area (Å²) in [5.74, 6) is 1.50. The van der Waals surface area contributed by atoms with Crippen LogP contribution in [0.2, 0.25) is 0 Å². The van der Waals surface area contributed by atoms with Crippen molar-refractivity contribution in [2.45, 2.75) is 19.8 Å². The highest BCUT2D eigenvalue weighted by atomic mass is 16.5. The van der Waals surface area contributed by atoms with E-state index in [1.807, 2.05) is 12.1 Å². The standard InChI is InChI=1S/C20H23NO3/c1-14(2)16-8-5-15(6-9-16)7-12-20(22)21-18-13-17(23-3)10-11-19(18)24-4/h5-14H,1-4H3,(H,21,22). The molecule has 2 aromatic rings. The molecule has 0 aliphatic heterocycles. The Morgan fingerprint density at radius 3 is 2.33 bits per heavy atom. The topological polar surface area (TPSA) is 47.6 Å². The lowest BCUT2D eigenvalue weighted by molar-refractivity contribution is -0.111. The number of benzene rings is 2. The maximum atomic E-state index is 12.1. The summed E-state index contributed by atoms with van der Waals surface area (Å²) in [6.45, 7) is 4.31. The van der Waals surface area contributed by atoms with Crippen LogP contribution in [-0.2, 0) is 4.79 Å². The van der Waals surface area contributed by atoms with Gasteiger partial charge in [-0.05, 0) is 35.3 Å². The van der Waals surface area contributed by atoms with Gasteiger partial charge in [0.05, 0.1) is 19.9 Å². The zero-order valence-electron chi connectivity index (χ0n) is 14.5. The molecule has 0 fully saturated rings. The number of carbonyl (C=O) groups excluding carboxylic acids is 1. The minimum absolute atomic E-state index is 0.227. The zero-order chi connectivity index (χ0) is 17.5. The van der Waals surface area contributed by atoms with Crippen LogP contribution in [0.3, 0.4) is 0 Å². The van der Waals surface area contributed by atoms with Gasteiger partial charge in [0.15, 0.2) is 0 Å². The summed E-state index contributed by atoms with van der Waals surface area (Å²) >= 11 is 0. The number of hydrogen-bond acceptors (Lipinski definition) is 3. The zero-order valence-corrected chi connectivity index (χ0v) is 14.5. The summed E-state index contributed by atoms with van der Waals surface area (Å²) in [5, 5.41) is 2.81. The van der Waals surface area contributed by atoms with E-state index in [4.69, 9.17) is 9.47 Å². The Kier molecular flexibility index (Phi) is 6.01. The van der Waals surface area contributed by atoms with Crippen molar-refractivity contribution in [3.8, 4) is 11.5 Å². The highest BCUT2D eigenvalue weighted by Crippen LogP contribution is 2.28. The Balaban J connectivity index is 2.07. The van der Waals surface area contributed by atoms with Gasteiger partial charge in [-0.1, -0.05) is 38.1 Å². The number of anilines is 1. The first-order valence-electron chi connectivity index (χ1n) is 7.84. The molecule has 4 nitrogen and oxygen atoms in total. The average molecular weight is 325 g/mol. The van der Waals surface area contributed by atoms with Gasteiger partial charge in [0.1, 0.15) is 11.5 Å². The van der Waals surface area contributed by atoms with E-state index < -0.39 is 0 Å². The number of ether oxygens (including phenoxy) is 2. The molecule has 0 saturated heterocycles. The summed E-state index contributed by atoms with van der Waals surface area (Å²) in [5.41, 5.74) is 2.83. The second kappa shape index (κ2) is 8.20. The molecular weight excluding hydrogens is 302 g/mol. The van der Waals surface area contributed by atoms with Crippen molar-refractivity contribution in [3.63, 3.8) is 0 Å². The lowest BCUT2D eigenvalue weighted by atomic mass is 10.0. The molecule has 0 saturated carbocycles. The maximum Gasteiger partial charge on any atom is 0.248 e. The third-order valence-corrected chi connectivity index (χ3v) is 3.69. The van der Waals surface area contributed by atoms with Crippen LogP contribution in [0, 0.1) is 0 Å². The van der Waals surface area contributed by atoms with E-state index in [2.05, 4.69) is 31.3 Å². The smallest absolute Gasteiger partial charge is 0.248 e. The van der Waals surface area contributed by atoms with Crippen LogP contribution >= 0.6 is 0 Å². The molecule has 0 aromatic heterocycles. The van der Waals surface area contributed by atoms with Crippen LogP contribution in [0.4, 0.5) is 5.69 Å².